The van der Waals surface area contributed by atoms with Crippen molar-refractivity contribution in [1.29, 1.82) is 26.3 Å². The van der Waals surface area contributed by atoms with E-state index in [2.05, 4.69) is 12.1 Å². The Balaban J connectivity index is 4.26. The fourth-order valence-electron chi connectivity index (χ4n) is 1.78. The van der Waals surface area contributed by atoms with E-state index in [1.165, 1.54) is 0 Å². The van der Waals surface area contributed by atoms with E-state index in [0.717, 1.165) is 0 Å². The normalized spacial score (nSPS) is 13.6. The lowest BCUT2D eigenvalue weighted by Crippen LogP contribution is -2.08. The Labute approximate surface area is 113 Å². The van der Waals surface area contributed by atoms with Crippen LogP contribution in [0.3, 0.4) is 0 Å². The molecule has 0 N–H and O–H groups in total. The minimum Gasteiger partial charge on any atom is -0.198 e. The van der Waals surface area contributed by atoms with Gasteiger partial charge >= 0.3 is 0 Å². The predicted molar refractivity (Wildman–Crippen MR) is 66.2 cm³/mol. The van der Waals surface area contributed by atoms with Crippen molar-refractivity contribution in [3.05, 3.63) is 0 Å². The van der Waals surface area contributed by atoms with Crippen molar-refractivity contribution in [3.8, 4) is 30.3 Å². The molecule has 5 heteroatoms. The van der Waals surface area contributed by atoms with Gasteiger partial charge in [-0.2, -0.15) is 26.3 Å². The fourth-order valence-corrected chi connectivity index (χ4v) is 1.78. The molecule has 0 aliphatic rings. The molecule has 0 aromatic carbocycles. The molecule has 3 atom stereocenters. The van der Waals surface area contributed by atoms with Gasteiger partial charge in [0.15, 0.2) is 0 Å². The molecule has 96 valence electrons. The van der Waals surface area contributed by atoms with Gasteiger partial charge < -0.3 is 0 Å². The Morgan fingerprint density at radius 2 is 1.16 bits per heavy atom. The highest BCUT2D eigenvalue weighted by Crippen LogP contribution is 2.22. The van der Waals surface area contributed by atoms with Crippen molar-refractivity contribution >= 4 is 0 Å². The van der Waals surface area contributed by atoms with E-state index in [9.17, 15) is 0 Å². The Morgan fingerprint density at radius 1 is 0.632 bits per heavy atom. The number of nitrogens with zero attached hydrogens (tertiary/aromatic N) is 5. The van der Waals surface area contributed by atoms with Crippen LogP contribution in [0, 0.1) is 74.4 Å². The zero-order chi connectivity index (χ0) is 14.5. The standard InChI is InChI=1S/C14H15N5/c15-6-1-2-13(10-18)8-14(11-19)4-3-12(9-17)5-7-16/h12-14H,1-5,8H2. The minimum atomic E-state index is -0.347. The van der Waals surface area contributed by atoms with Crippen LogP contribution in [0.5, 0.6) is 0 Å². The summed E-state index contributed by atoms with van der Waals surface area (Å²) in [6.07, 6.45) is 2.40. The molecular formula is C14H15N5. The van der Waals surface area contributed by atoms with Gasteiger partial charge in [-0.3, -0.25) is 0 Å². The molecule has 0 aliphatic carbocycles. The lowest BCUT2D eigenvalue weighted by Gasteiger charge is -2.13. The molecule has 0 spiro atoms. The zero-order valence-electron chi connectivity index (χ0n) is 10.7. The molecule has 0 aromatic rings. The molecule has 0 aromatic heterocycles. The monoisotopic (exact) mass is 253 g/mol. The molecule has 0 saturated heterocycles. The third-order valence-corrected chi connectivity index (χ3v) is 2.92. The van der Waals surface area contributed by atoms with E-state index in [0.29, 0.717) is 32.1 Å². The van der Waals surface area contributed by atoms with Crippen LogP contribution in [0.1, 0.15) is 38.5 Å². The van der Waals surface area contributed by atoms with Crippen molar-refractivity contribution in [1.82, 2.24) is 0 Å². The minimum absolute atomic E-state index is 0.171. The van der Waals surface area contributed by atoms with Crippen LogP contribution < -0.4 is 0 Å². The third kappa shape index (κ3) is 7.39. The molecular weight excluding hydrogens is 238 g/mol. The molecule has 0 amide bonds. The first kappa shape index (κ1) is 16.4. The van der Waals surface area contributed by atoms with E-state index in [1.807, 2.05) is 18.2 Å². The van der Waals surface area contributed by atoms with Crippen LogP contribution >= 0.6 is 0 Å². The molecule has 3 unspecified atom stereocenters. The molecule has 0 saturated carbocycles. The number of hydrogen-bond acceptors (Lipinski definition) is 5. The average molecular weight is 253 g/mol. The molecule has 0 rings (SSSR count). The quantitative estimate of drug-likeness (QED) is 0.658. The summed E-state index contributed by atoms with van der Waals surface area (Å²) in [5, 5.41) is 43.8. The van der Waals surface area contributed by atoms with Gasteiger partial charge in [0.05, 0.1) is 42.7 Å². The summed E-state index contributed by atoms with van der Waals surface area (Å²) < 4.78 is 0. The summed E-state index contributed by atoms with van der Waals surface area (Å²) in [7, 11) is 0. The van der Waals surface area contributed by atoms with Gasteiger partial charge in [0.2, 0.25) is 0 Å². The second-order valence-electron chi connectivity index (χ2n) is 4.35. The smallest absolute Gasteiger partial charge is 0.0666 e. The maximum Gasteiger partial charge on any atom is 0.0666 e. The van der Waals surface area contributed by atoms with E-state index in [1.54, 1.807) is 0 Å². The highest BCUT2D eigenvalue weighted by Gasteiger charge is 2.18. The van der Waals surface area contributed by atoms with Gasteiger partial charge in [0, 0.05) is 18.3 Å². The Kier molecular flexibility index (Phi) is 9.17. The molecule has 19 heavy (non-hydrogen) atoms. The SMILES string of the molecule is N#CCCC(C#N)CC(C#N)CCC(C#N)CC#N. The highest BCUT2D eigenvalue weighted by molar-refractivity contribution is 4.95. The van der Waals surface area contributed by atoms with E-state index in [-0.39, 0.29) is 24.2 Å². The Morgan fingerprint density at radius 3 is 1.63 bits per heavy atom. The van der Waals surface area contributed by atoms with Gasteiger partial charge in [-0.15, -0.1) is 0 Å². The van der Waals surface area contributed by atoms with Crippen LogP contribution in [0.15, 0.2) is 0 Å². The second kappa shape index (κ2) is 10.6. The van der Waals surface area contributed by atoms with Crippen molar-refractivity contribution in [2.75, 3.05) is 0 Å². The summed E-state index contributed by atoms with van der Waals surface area (Å²) in [5.74, 6) is -0.931. The van der Waals surface area contributed by atoms with Gasteiger partial charge in [0.1, 0.15) is 0 Å². The zero-order valence-corrected chi connectivity index (χ0v) is 10.7. The molecule has 0 aliphatic heterocycles. The van der Waals surface area contributed by atoms with Crippen LogP contribution in [-0.4, -0.2) is 0 Å². The van der Waals surface area contributed by atoms with Crippen LogP contribution in [0.4, 0.5) is 0 Å². The summed E-state index contributed by atoms with van der Waals surface area (Å²) in [6, 6.07) is 10.2. The summed E-state index contributed by atoms with van der Waals surface area (Å²) in [4.78, 5) is 0. The lowest BCUT2D eigenvalue weighted by molar-refractivity contribution is 0.424. The fraction of sp³-hybridized carbons (Fsp3) is 0.643. The van der Waals surface area contributed by atoms with Gasteiger partial charge in [-0.1, -0.05) is 0 Å². The lowest BCUT2D eigenvalue weighted by atomic mass is 9.87. The van der Waals surface area contributed by atoms with E-state index >= 15 is 0 Å². The third-order valence-electron chi connectivity index (χ3n) is 2.92. The maximum atomic E-state index is 9.04. The van der Waals surface area contributed by atoms with Crippen molar-refractivity contribution < 1.29 is 0 Å². The maximum absolute atomic E-state index is 9.04. The van der Waals surface area contributed by atoms with E-state index in [4.69, 9.17) is 26.3 Å². The first-order valence-corrected chi connectivity index (χ1v) is 6.14. The Hall–Kier alpha value is -2.55. The largest absolute Gasteiger partial charge is 0.198 e. The first-order chi connectivity index (χ1) is 9.21. The molecule has 5 nitrogen and oxygen atoms in total. The van der Waals surface area contributed by atoms with Crippen LogP contribution in [-0.2, 0) is 0 Å². The van der Waals surface area contributed by atoms with Crippen LogP contribution in [0.25, 0.3) is 0 Å². The summed E-state index contributed by atoms with van der Waals surface area (Å²) in [5.41, 5.74) is 0. The predicted octanol–water partition coefficient (Wildman–Crippen LogP) is 2.79. The van der Waals surface area contributed by atoms with Crippen LogP contribution in [0.2, 0.25) is 0 Å². The topological polar surface area (TPSA) is 119 Å². The number of rotatable bonds is 8. The molecule has 0 heterocycles. The van der Waals surface area contributed by atoms with Crippen molar-refractivity contribution in [2.45, 2.75) is 38.5 Å². The molecule has 0 radical (unpaired) electrons. The van der Waals surface area contributed by atoms with Gasteiger partial charge in [-0.05, 0) is 25.7 Å². The average Bonchev–Trinajstić information content (AvgIpc) is 2.45. The van der Waals surface area contributed by atoms with E-state index < -0.39 is 0 Å². The molecule has 0 fully saturated rings. The van der Waals surface area contributed by atoms with Crippen molar-refractivity contribution in [2.24, 2.45) is 17.8 Å². The van der Waals surface area contributed by atoms with Crippen molar-refractivity contribution in [3.63, 3.8) is 0 Å². The van der Waals surface area contributed by atoms with Gasteiger partial charge in [-0.25, -0.2) is 0 Å². The summed E-state index contributed by atoms with van der Waals surface area (Å²) in [6.45, 7) is 0. The van der Waals surface area contributed by atoms with Gasteiger partial charge in [0.25, 0.3) is 0 Å². The molecule has 0 bridgehead atoms. The highest BCUT2D eigenvalue weighted by atomic mass is 14.3. The first-order valence-electron chi connectivity index (χ1n) is 6.14. The Bertz CT molecular complexity index is 463. The number of hydrogen-bond donors (Lipinski definition) is 0. The summed E-state index contributed by atoms with van der Waals surface area (Å²) >= 11 is 0. The second-order valence-corrected chi connectivity index (χ2v) is 4.35. The number of nitriles is 5.